The molecule has 140 valence electrons. The molecular formula is C20H20F2N4O. The van der Waals surface area contributed by atoms with Gasteiger partial charge in [-0.25, -0.2) is 13.6 Å². The largest absolute Gasteiger partial charge is 0.361 e. The fraction of sp³-hybridized carbons (Fsp3) is 0.300. The highest BCUT2D eigenvalue weighted by Gasteiger charge is 2.25. The Morgan fingerprint density at radius 3 is 2.70 bits per heavy atom. The van der Waals surface area contributed by atoms with Crippen molar-refractivity contribution in [1.82, 2.24) is 20.2 Å². The molecule has 0 spiro atoms. The lowest BCUT2D eigenvalue weighted by atomic mass is 9.89. The van der Waals surface area contributed by atoms with Crippen LogP contribution in [0.4, 0.5) is 13.6 Å². The Hall–Kier alpha value is -2.96. The molecule has 27 heavy (non-hydrogen) atoms. The van der Waals surface area contributed by atoms with Crippen LogP contribution in [-0.2, 0) is 6.54 Å². The number of likely N-dealkylation sites (tertiary alicyclic amines) is 1. The third-order valence-electron chi connectivity index (χ3n) is 5.11. The number of pyridine rings is 1. The van der Waals surface area contributed by atoms with Crippen LogP contribution >= 0.6 is 0 Å². The van der Waals surface area contributed by atoms with Crippen LogP contribution in [0.5, 0.6) is 0 Å². The first-order valence-electron chi connectivity index (χ1n) is 9.00. The van der Waals surface area contributed by atoms with Crippen LogP contribution in [0.15, 0.2) is 42.7 Å². The van der Waals surface area contributed by atoms with E-state index < -0.39 is 5.82 Å². The number of fused-ring (bicyclic) bond motifs is 1. The third kappa shape index (κ3) is 3.77. The van der Waals surface area contributed by atoms with Gasteiger partial charge in [0.2, 0.25) is 0 Å². The molecule has 7 heteroatoms. The van der Waals surface area contributed by atoms with E-state index in [0.29, 0.717) is 24.7 Å². The van der Waals surface area contributed by atoms with Crippen molar-refractivity contribution in [3.63, 3.8) is 0 Å². The predicted molar refractivity (Wildman–Crippen MR) is 98.2 cm³/mol. The number of benzene rings is 1. The number of nitrogens with one attached hydrogen (secondary N) is 2. The SMILES string of the molecule is O=C(NCc1ccc(F)cn1)N1CCC(c2c[nH]c3ccc(F)cc23)CC1. The van der Waals surface area contributed by atoms with Gasteiger partial charge in [-0.2, -0.15) is 0 Å². The van der Waals surface area contributed by atoms with Crippen LogP contribution in [0.25, 0.3) is 10.9 Å². The van der Waals surface area contributed by atoms with Gasteiger partial charge in [-0.1, -0.05) is 0 Å². The lowest BCUT2D eigenvalue weighted by molar-refractivity contribution is 0.181. The summed E-state index contributed by atoms with van der Waals surface area (Å²) in [7, 11) is 0. The molecule has 4 rings (SSSR count). The van der Waals surface area contributed by atoms with Crippen molar-refractivity contribution < 1.29 is 13.6 Å². The summed E-state index contributed by atoms with van der Waals surface area (Å²) in [6.45, 7) is 1.53. The number of piperidine rings is 1. The van der Waals surface area contributed by atoms with Crippen LogP contribution in [0.3, 0.4) is 0 Å². The fourth-order valence-electron chi connectivity index (χ4n) is 3.63. The standard InChI is InChI=1S/C20H20F2N4O/c21-14-2-4-19-17(9-14)18(12-24-19)13-5-7-26(8-6-13)20(27)25-11-16-3-1-15(22)10-23-16/h1-4,9-10,12-13,24H,5-8,11H2,(H,25,27). The molecule has 0 unspecified atom stereocenters. The summed E-state index contributed by atoms with van der Waals surface area (Å²) in [6, 6.07) is 7.49. The van der Waals surface area contributed by atoms with Crippen LogP contribution in [0.1, 0.15) is 30.0 Å². The monoisotopic (exact) mass is 370 g/mol. The van der Waals surface area contributed by atoms with Crippen molar-refractivity contribution in [2.75, 3.05) is 13.1 Å². The smallest absolute Gasteiger partial charge is 0.317 e. The first-order valence-corrected chi connectivity index (χ1v) is 9.00. The molecule has 2 aromatic heterocycles. The summed E-state index contributed by atoms with van der Waals surface area (Å²) < 4.78 is 26.4. The summed E-state index contributed by atoms with van der Waals surface area (Å²) in [4.78, 5) is 21.2. The van der Waals surface area contributed by atoms with Crippen molar-refractivity contribution in [3.05, 3.63) is 65.6 Å². The van der Waals surface area contributed by atoms with Gasteiger partial charge in [0.05, 0.1) is 18.4 Å². The molecule has 0 saturated carbocycles. The Kier molecular flexibility index (Phi) is 4.75. The molecule has 3 aromatic rings. The number of halogens is 2. The first-order chi connectivity index (χ1) is 13.1. The van der Waals surface area contributed by atoms with Crippen molar-refractivity contribution in [2.45, 2.75) is 25.3 Å². The molecule has 3 heterocycles. The quantitative estimate of drug-likeness (QED) is 0.734. The molecule has 1 aliphatic heterocycles. The number of nitrogens with zero attached hydrogens (tertiary/aromatic N) is 2. The lowest BCUT2D eigenvalue weighted by Crippen LogP contribution is -2.43. The summed E-state index contributed by atoms with van der Waals surface area (Å²) in [5.74, 6) is -0.345. The number of urea groups is 1. The molecule has 1 aliphatic rings. The normalized spacial score (nSPS) is 15.3. The Morgan fingerprint density at radius 1 is 1.19 bits per heavy atom. The average Bonchev–Trinajstić information content (AvgIpc) is 3.10. The minimum Gasteiger partial charge on any atom is -0.361 e. The summed E-state index contributed by atoms with van der Waals surface area (Å²) >= 11 is 0. The van der Waals surface area contributed by atoms with Crippen molar-refractivity contribution >= 4 is 16.9 Å². The van der Waals surface area contributed by atoms with E-state index in [0.717, 1.165) is 35.5 Å². The van der Waals surface area contributed by atoms with E-state index in [4.69, 9.17) is 0 Å². The highest BCUT2D eigenvalue weighted by molar-refractivity contribution is 5.84. The van der Waals surface area contributed by atoms with E-state index in [1.54, 1.807) is 23.1 Å². The number of H-pyrrole nitrogens is 1. The van der Waals surface area contributed by atoms with Gasteiger partial charge in [-0.05, 0) is 54.7 Å². The van der Waals surface area contributed by atoms with Gasteiger partial charge in [0, 0.05) is 30.2 Å². The van der Waals surface area contributed by atoms with Gasteiger partial charge in [0.1, 0.15) is 11.6 Å². The van der Waals surface area contributed by atoms with Gasteiger partial charge >= 0.3 is 6.03 Å². The molecule has 1 saturated heterocycles. The summed E-state index contributed by atoms with van der Waals surface area (Å²) in [5, 5.41) is 3.74. The Labute approximate surface area is 155 Å². The third-order valence-corrected chi connectivity index (χ3v) is 5.11. The molecule has 1 fully saturated rings. The summed E-state index contributed by atoms with van der Waals surface area (Å²) in [5.41, 5.74) is 2.65. The second-order valence-electron chi connectivity index (χ2n) is 6.82. The zero-order valence-electron chi connectivity index (χ0n) is 14.7. The predicted octanol–water partition coefficient (Wildman–Crippen LogP) is 3.93. The molecule has 1 aromatic carbocycles. The highest BCUT2D eigenvalue weighted by atomic mass is 19.1. The number of aromatic nitrogens is 2. The molecule has 0 aliphatic carbocycles. The maximum Gasteiger partial charge on any atom is 0.317 e. The van der Waals surface area contributed by atoms with Crippen molar-refractivity contribution in [2.24, 2.45) is 0 Å². The van der Waals surface area contributed by atoms with Gasteiger partial charge in [-0.3, -0.25) is 4.98 Å². The molecule has 0 atom stereocenters. The molecule has 2 amide bonds. The van der Waals surface area contributed by atoms with Gasteiger partial charge in [-0.15, -0.1) is 0 Å². The maximum absolute atomic E-state index is 13.6. The molecule has 0 radical (unpaired) electrons. The number of carbonyl (C=O) groups is 1. The Bertz CT molecular complexity index is 946. The maximum atomic E-state index is 13.6. The molecule has 0 bridgehead atoms. The number of amides is 2. The first kappa shape index (κ1) is 17.5. The Balaban J connectivity index is 1.34. The Morgan fingerprint density at radius 2 is 1.96 bits per heavy atom. The number of rotatable bonds is 3. The fourth-order valence-corrected chi connectivity index (χ4v) is 3.63. The lowest BCUT2D eigenvalue weighted by Gasteiger charge is -2.32. The molecule has 5 nitrogen and oxygen atoms in total. The second kappa shape index (κ2) is 7.34. The van der Waals surface area contributed by atoms with Crippen molar-refractivity contribution in [1.29, 1.82) is 0 Å². The molecule has 2 N–H and O–H groups in total. The van der Waals surface area contributed by atoms with E-state index in [2.05, 4.69) is 15.3 Å². The minimum atomic E-state index is -0.399. The second-order valence-corrected chi connectivity index (χ2v) is 6.82. The highest BCUT2D eigenvalue weighted by Crippen LogP contribution is 2.33. The van der Waals surface area contributed by atoms with Gasteiger partial charge in [0.25, 0.3) is 0 Å². The van der Waals surface area contributed by atoms with Crippen LogP contribution < -0.4 is 5.32 Å². The van der Waals surface area contributed by atoms with Crippen LogP contribution in [0, 0.1) is 11.6 Å². The zero-order valence-corrected chi connectivity index (χ0v) is 14.7. The van der Waals surface area contributed by atoms with E-state index in [1.807, 2.05) is 6.20 Å². The number of hydrogen-bond donors (Lipinski definition) is 2. The van der Waals surface area contributed by atoms with E-state index >= 15 is 0 Å². The molecular weight excluding hydrogens is 350 g/mol. The van der Waals surface area contributed by atoms with E-state index in [9.17, 15) is 13.6 Å². The van der Waals surface area contributed by atoms with Gasteiger partial charge in [0.15, 0.2) is 0 Å². The van der Waals surface area contributed by atoms with Crippen molar-refractivity contribution in [3.8, 4) is 0 Å². The number of hydrogen-bond acceptors (Lipinski definition) is 2. The minimum absolute atomic E-state index is 0.149. The topological polar surface area (TPSA) is 61.0 Å². The number of carbonyl (C=O) groups excluding carboxylic acids is 1. The van der Waals surface area contributed by atoms with E-state index in [1.165, 1.54) is 12.1 Å². The number of aromatic amines is 1. The summed E-state index contributed by atoms with van der Waals surface area (Å²) in [6.07, 6.45) is 4.74. The average molecular weight is 370 g/mol. The van der Waals surface area contributed by atoms with Gasteiger partial charge < -0.3 is 15.2 Å². The van der Waals surface area contributed by atoms with E-state index in [-0.39, 0.29) is 18.4 Å². The van der Waals surface area contributed by atoms with Crippen LogP contribution in [-0.4, -0.2) is 34.0 Å². The zero-order chi connectivity index (χ0) is 18.8. The van der Waals surface area contributed by atoms with Crippen LogP contribution in [0.2, 0.25) is 0 Å².